The van der Waals surface area contributed by atoms with Gasteiger partial charge in [0.05, 0.1) is 17.7 Å². The number of hydrogen-bond acceptors (Lipinski definition) is 7. The number of nitrogens with zero attached hydrogens (tertiary/aromatic N) is 1. The van der Waals surface area contributed by atoms with Crippen LogP contribution in [0.5, 0.6) is 0 Å². The Morgan fingerprint density at radius 3 is 2.62 bits per heavy atom. The molecule has 1 N–H and O–H groups in total. The van der Waals surface area contributed by atoms with Crippen LogP contribution in [0.1, 0.15) is 78.6 Å². The van der Waals surface area contributed by atoms with Gasteiger partial charge in [0.2, 0.25) is 0 Å². The fourth-order valence-electron chi connectivity index (χ4n) is 4.08. The molecule has 0 saturated carbocycles. The Morgan fingerprint density at radius 1 is 1.26 bits per heavy atom. The minimum atomic E-state index is -1.06. The lowest BCUT2D eigenvalue weighted by Crippen LogP contribution is -2.32. The SMILES string of the molecule is CCOC(=O)c1c(NC(=O)C(CC)OC(=O)c2cccnc2Cl)sc2c1CCC(C(C)(C)C)C2. The smallest absolute Gasteiger partial charge is 0.342 e. The first-order chi connectivity index (χ1) is 16.1. The molecule has 3 rings (SSSR count). The maximum absolute atomic E-state index is 13.1. The summed E-state index contributed by atoms with van der Waals surface area (Å²) in [5.74, 6) is -1.21. The van der Waals surface area contributed by atoms with E-state index in [4.69, 9.17) is 21.1 Å². The second kappa shape index (κ2) is 10.9. The summed E-state index contributed by atoms with van der Waals surface area (Å²) < 4.78 is 10.7. The van der Waals surface area contributed by atoms with E-state index < -0.39 is 23.9 Å². The standard InChI is InChI=1S/C25H31ClN2O5S/c1-6-17(33-23(30)16-9-8-12-27-20(16)26)21(29)28-22-19(24(31)32-7-2)15-11-10-14(25(3,4)5)13-18(15)34-22/h8-9,12,14,17H,6-7,10-11,13H2,1-5H3,(H,28,29). The Morgan fingerprint density at radius 2 is 2.00 bits per heavy atom. The van der Waals surface area contributed by atoms with Gasteiger partial charge >= 0.3 is 11.9 Å². The van der Waals surface area contributed by atoms with Gasteiger partial charge in [-0.05, 0) is 61.6 Å². The summed E-state index contributed by atoms with van der Waals surface area (Å²) in [6.45, 7) is 10.4. The van der Waals surface area contributed by atoms with Crippen molar-refractivity contribution in [2.75, 3.05) is 11.9 Å². The largest absolute Gasteiger partial charge is 0.462 e. The lowest BCUT2D eigenvalue weighted by Gasteiger charge is -2.33. The van der Waals surface area contributed by atoms with E-state index >= 15 is 0 Å². The van der Waals surface area contributed by atoms with Gasteiger partial charge in [-0.1, -0.05) is 39.3 Å². The molecule has 1 amide bonds. The molecule has 0 aromatic carbocycles. The number of fused-ring (bicyclic) bond motifs is 1. The quantitative estimate of drug-likeness (QED) is 0.382. The maximum atomic E-state index is 13.1. The molecule has 0 aliphatic heterocycles. The zero-order chi connectivity index (χ0) is 25.0. The summed E-state index contributed by atoms with van der Waals surface area (Å²) >= 11 is 7.39. The third-order valence-corrected chi connectivity index (χ3v) is 7.57. The molecule has 0 spiro atoms. The number of carbonyl (C=O) groups is 3. The van der Waals surface area contributed by atoms with Crippen molar-refractivity contribution < 1.29 is 23.9 Å². The molecule has 1 aliphatic carbocycles. The zero-order valence-electron chi connectivity index (χ0n) is 20.2. The average molecular weight is 507 g/mol. The van der Waals surface area contributed by atoms with E-state index in [2.05, 4.69) is 31.1 Å². The van der Waals surface area contributed by atoms with Crippen LogP contribution in [-0.4, -0.2) is 35.5 Å². The van der Waals surface area contributed by atoms with Gasteiger partial charge in [0.1, 0.15) is 10.2 Å². The topological polar surface area (TPSA) is 94.6 Å². The normalized spacial score (nSPS) is 16.4. The number of ether oxygens (including phenoxy) is 2. The number of amides is 1. The number of pyridine rings is 1. The minimum absolute atomic E-state index is 0.00620. The van der Waals surface area contributed by atoms with Crippen LogP contribution in [0.3, 0.4) is 0 Å². The predicted molar refractivity (Wildman–Crippen MR) is 133 cm³/mol. The van der Waals surface area contributed by atoms with E-state index in [1.165, 1.54) is 23.6 Å². The highest BCUT2D eigenvalue weighted by Gasteiger charge is 2.35. The minimum Gasteiger partial charge on any atom is -0.462 e. The number of anilines is 1. The number of rotatable bonds is 7. The van der Waals surface area contributed by atoms with Crippen LogP contribution in [0, 0.1) is 11.3 Å². The van der Waals surface area contributed by atoms with Gasteiger partial charge in [-0.15, -0.1) is 11.3 Å². The summed E-state index contributed by atoms with van der Waals surface area (Å²) in [4.78, 5) is 43.4. The summed E-state index contributed by atoms with van der Waals surface area (Å²) in [6.07, 6.45) is 3.22. The molecular weight excluding hydrogens is 476 g/mol. The molecule has 0 fully saturated rings. The molecule has 9 heteroatoms. The highest BCUT2D eigenvalue weighted by Crippen LogP contribution is 2.44. The Bertz CT molecular complexity index is 1080. The van der Waals surface area contributed by atoms with Crippen LogP contribution < -0.4 is 5.32 Å². The van der Waals surface area contributed by atoms with E-state index in [1.807, 2.05) is 0 Å². The van der Waals surface area contributed by atoms with E-state index in [0.717, 1.165) is 29.7 Å². The Kier molecular flexibility index (Phi) is 8.36. The van der Waals surface area contributed by atoms with Crippen molar-refractivity contribution in [3.63, 3.8) is 0 Å². The Hall–Kier alpha value is -2.45. The van der Waals surface area contributed by atoms with Crippen molar-refractivity contribution in [2.24, 2.45) is 11.3 Å². The molecule has 34 heavy (non-hydrogen) atoms. The fourth-order valence-corrected chi connectivity index (χ4v) is 5.59. The summed E-state index contributed by atoms with van der Waals surface area (Å²) in [5.41, 5.74) is 1.59. The first-order valence-electron chi connectivity index (χ1n) is 11.5. The number of esters is 2. The number of thiophene rings is 1. The molecule has 2 aromatic rings. The first-order valence-corrected chi connectivity index (χ1v) is 12.7. The number of aromatic nitrogens is 1. The molecule has 0 saturated heterocycles. The Balaban J connectivity index is 1.84. The van der Waals surface area contributed by atoms with Crippen molar-refractivity contribution in [1.82, 2.24) is 4.98 Å². The van der Waals surface area contributed by atoms with Crippen LogP contribution in [0.4, 0.5) is 5.00 Å². The van der Waals surface area contributed by atoms with Crippen LogP contribution in [0.25, 0.3) is 0 Å². The highest BCUT2D eigenvalue weighted by molar-refractivity contribution is 7.17. The van der Waals surface area contributed by atoms with E-state index in [9.17, 15) is 14.4 Å². The average Bonchev–Trinajstić information content (AvgIpc) is 3.14. The summed E-state index contributed by atoms with van der Waals surface area (Å²) in [5, 5.41) is 3.28. The van der Waals surface area contributed by atoms with Gasteiger partial charge in [-0.25, -0.2) is 14.6 Å². The molecule has 7 nitrogen and oxygen atoms in total. The molecule has 0 bridgehead atoms. The fraction of sp³-hybridized carbons (Fsp3) is 0.520. The van der Waals surface area contributed by atoms with Crippen molar-refractivity contribution >= 4 is 45.8 Å². The second-order valence-electron chi connectivity index (χ2n) is 9.37. The van der Waals surface area contributed by atoms with E-state index in [1.54, 1.807) is 19.9 Å². The van der Waals surface area contributed by atoms with Gasteiger partial charge in [-0.2, -0.15) is 0 Å². The van der Waals surface area contributed by atoms with Crippen LogP contribution >= 0.6 is 22.9 Å². The molecule has 0 radical (unpaired) electrons. The summed E-state index contributed by atoms with van der Waals surface area (Å²) in [6, 6.07) is 3.05. The molecular formula is C25H31ClN2O5S. The molecule has 2 aromatic heterocycles. The van der Waals surface area contributed by atoms with Crippen LogP contribution in [0.2, 0.25) is 5.15 Å². The van der Waals surface area contributed by atoms with E-state index in [-0.39, 0.29) is 29.2 Å². The van der Waals surface area contributed by atoms with Gasteiger partial charge in [0.15, 0.2) is 6.10 Å². The van der Waals surface area contributed by atoms with Crippen LogP contribution in [0.15, 0.2) is 18.3 Å². The number of carbonyl (C=O) groups excluding carboxylic acids is 3. The van der Waals surface area contributed by atoms with Crippen molar-refractivity contribution in [3.8, 4) is 0 Å². The molecule has 2 heterocycles. The summed E-state index contributed by atoms with van der Waals surface area (Å²) in [7, 11) is 0. The predicted octanol–water partition coefficient (Wildman–Crippen LogP) is 5.70. The van der Waals surface area contributed by atoms with Gasteiger partial charge < -0.3 is 14.8 Å². The number of nitrogens with one attached hydrogen (secondary N) is 1. The third-order valence-electron chi connectivity index (χ3n) is 6.10. The molecule has 184 valence electrons. The second-order valence-corrected chi connectivity index (χ2v) is 10.8. The van der Waals surface area contributed by atoms with Gasteiger partial charge in [-0.3, -0.25) is 4.79 Å². The monoisotopic (exact) mass is 506 g/mol. The lowest BCUT2D eigenvalue weighted by atomic mass is 9.72. The zero-order valence-corrected chi connectivity index (χ0v) is 21.8. The number of halogens is 1. The van der Waals surface area contributed by atoms with Gasteiger partial charge in [0.25, 0.3) is 5.91 Å². The van der Waals surface area contributed by atoms with E-state index in [0.29, 0.717) is 16.5 Å². The molecule has 2 atom stereocenters. The van der Waals surface area contributed by atoms with Crippen LogP contribution in [-0.2, 0) is 27.1 Å². The van der Waals surface area contributed by atoms with Crippen molar-refractivity contribution in [2.45, 2.75) is 66.4 Å². The lowest BCUT2D eigenvalue weighted by molar-refractivity contribution is -0.124. The highest BCUT2D eigenvalue weighted by atomic mass is 35.5. The van der Waals surface area contributed by atoms with Crippen molar-refractivity contribution in [1.29, 1.82) is 0 Å². The Labute approximate surface area is 209 Å². The van der Waals surface area contributed by atoms with Crippen molar-refractivity contribution in [3.05, 3.63) is 45.1 Å². The maximum Gasteiger partial charge on any atom is 0.342 e. The van der Waals surface area contributed by atoms with Gasteiger partial charge in [0, 0.05) is 11.1 Å². The third kappa shape index (κ3) is 5.78. The number of hydrogen-bond donors (Lipinski definition) is 1. The molecule has 2 unspecified atom stereocenters. The molecule has 1 aliphatic rings. The first kappa shape index (κ1) is 26.2.